The molecule has 1 saturated heterocycles. The predicted octanol–water partition coefficient (Wildman–Crippen LogP) is 3.47. The van der Waals surface area contributed by atoms with Crippen LogP contribution < -0.4 is 9.64 Å². The van der Waals surface area contributed by atoms with Crippen LogP contribution in [0, 0.1) is 0 Å². The average Bonchev–Trinajstić information content (AvgIpc) is 3.06. The van der Waals surface area contributed by atoms with Crippen molar-refractivity contribution in [2.75, 3.05) is 51.4 Å². The van der Waals surface area contributed by atoms with Crippen molar-refractivity contribution in [1.82, 2.24) is 4.90 Å². The molecule has 0 saturated carbocycles. The Kier molecular flexibility index (Phi) is 9.05. The molecule has 2 aliphatic rings. The molecule has 1 unspecified atom stereocenters. The van der Waals surface area contributed by atoms with Crippen LogP contribution in [0.3, 0.4) is 0 Å². The summed E-state index contributed by atoms with van der Waals surface area (Å²) in [5.74, 6) is 1.27. The predicted molar refractivity (Wildman–Crippen MR) is 121 cm³/mol. The van der Waals surface area contributed by atoms with E-state index in [4.69, 9.17) is 9.47 Å². The molecule has 2 aromatic rings. The summed E-state index contributed by atoms with van der Waals surface area (Å²) in [5.41, 5.74) is 4.81. The molecule has 29 heavy (non-hydrogen) atoms. The molecule has 1 atom stereocenters. The van der Waals surface area contributed by atoms with Gasteiger partial charge in [-0.2, -0.15) is 0 Å². The third-order valence-corrected chi connectivity index (χ3v) is 5.63. The van der Waals surface area contributed by atoms with Gasteiger partial charge in [0.2, 0.25) is 0 Å². The highest BCUT2D eigenvalue weighted by molar-refractivity contribution is 5.85. The standard InChI is InChI=1S/C22H28N2O3.2ClH/c1-26-22-7-6-17(12-18(22)16-25)13-24-15-19(14-23-8-10-27-11-9-23)20-4-2-3-5-21(20)24;;/h2-7,12,19,25H,8-11,13-16H2,1H3;2*1H. The zero-order valence-corrected chi connectivity index (χ0v) is 18.4. The first-order chi connectivity index (χ1) is 13.3. The molecule has 0 aliphatic carbocycles. The Hall–Kier alpha value is -1.50. The van der Waals surface area contributed by atoms with Crippen molar-refractivity contribution in [2.45, 2.75) is 19.1 Å². The van der Waals surface area contributed by atoms with E-state index in [1.54, 1.807) is 7.11 Å². The van der Waals surface area contributed by atoms with Crippen molar-refractivity contribution in [3.05, 3.63) is 59.2 Å². The number of fused-ring (bicyclic) bond motifs is 1. The summed E-state index contributed by atoms with van der Waals surface area (Å²) in [6.45, 7) is 6.68. The zero-order chi connectivity index (χ0) is 18.6. The first-order valence-electron chi connectivity index (χ1n) is 9.69. The van der Waals surface area contributed by atoms with Gasteiger partial charge in [0.05, 0.1) is 26.9 Å². The molecule has 0 radical (unpaired) electrons. The molecule has 0 spiro atoms. The van der Waals surface area contributed by atoms with Crippen LogP contribution in [0.1, 0.15) is 22.6 Å². The summed E-state index contributed by atoms with van der Waals surface area (Å²) < 4.78 is 10.8. The van der Waals surface area contributed by atoms with Gasteiger partial charge in [-0.15, -0.1) is 24.8 Å². The van der Waals surface area contributed by atoms with Crippen LogP contribution in [0.2, 0.25) is 0 Å². The summed E-state index contributed by atoms with van der Waals surface area (Å²) in [5, 5.41) is 9.61. The molecule has 4 rings (SSSR count). The number of rotatable bonds is 6. The van der Waals surface area contributed by atoms with Gasteiger partial charge in [0.15, 0.2) is 0 Å². The van der Waals surface area contributed by atoms with E-state index >= 15 is 0 Å². The first-order valence-corrected chi connectivity index (χ1v) is 9.69. The summed E-state index contributed by atoms with van der Waals surface area (Å²) in [7, 11) is 1.64. The molecule has 5 nitrogen and oxygen atoms in total. The molecule has 0 amide bonds. The highest BCUT2D eigenvalue weighted by atomic mass is 35.5. The Balaban J connectivity index is 0.00000150. The maximum Gasteiger partial charge on any atom is 0.124 e. The number of halogens is 2. The number of ether oxygens (including phenoxy) is 2. The molecule has 2 aliphatic heterocycles. The third-order valence-electron chi connectivity index (χ3n) is 5.63. The number of morpholine rings is 1. The van der Waals surface area contributed by atoms with Gasteiger partial charge in [-0.25, -0.2) is 0 Å². The van der Waals surface area contributed by atoms with E-state index in [2.05, 4.69) is 46.2 Å². The monoisotopic (exact) mass is 440 g/mol. The molecule has 0 aromatic heterocycles. The highest BCUT2D eigenvalue weighted by Gasteiger charge is 2.30. The lowest BCUT2D eigenvalue weighted by atomic mass is 10.0. The second-order valence-corrected chi connectivity index (χ2v) is 7.35. The van der Waals surface area contributed by atoms with E-state index in [0.29, 0.717) is 5.92 Å². The summed E-state index contributed by atoms with van der Waals surface area (Å²) in [4.78, 5) is 4.98. The molecular formula is C22H30Cl2N2O3. The topological polar surface area (TPSA) is 45.2 Å². The van der Waals surface area contributed by atoms with Crippen LogP contribution in [0.5, 0.6) is 5.75 Å². The lowest BCUT2D eigenvalue weighted by Gasteiger charge is -2.29. The van der Waals surface area contributed by atoms with Crippen LogP contribution in [-0.4, -0.2) is 56.5 Å². The summed E-state index contributed by atoms with van der Waals surface area (Å²) >= 11 is 0. The van der Waals surface area contributed by atoms with E-state index in [-0.39, 0.29) is 31.4 Å². The quantitative estimate of drug-likeness (QED) is 0.744. The average molecular weight is 441 g/mol. The van der Waals surface area contributed by atoms with Crippen LogP contribution in [0.25, 0.3) is 0 Å². The fourth-order valence-electron chi connectivity index (χ4n) is 4.26. The van der Waals surface area contributed by atoms with E-state index in [1.165, 1.54) is 16.8 Å². The molecular weight excluding hydrogens is 411 g/mol. The SMILES string of the molecule is COc1ccc(CN2CC(CN3CCOCC3)c3ccccc32)cc1CO.Cl.Cl. The van der Waals surface area contributed by atoms with Gasteiger partial charge in [0.1, 0.15) is 5.75 Å². The number of aliphatic hydroxyl groups is 1. The number of methoxy groups -OCH3 is 1. The molecule has 2 heterocycles. The Morgan fingerprint density at radius 2 is 1.86 bits per heavy atom. The van der Waals surface area contributed by atoms with Gasteiger partial charge in [0, 0.05) is 49.9 Å². The second kappa shape index (κ2) is 11.0. The van der Waals surface area contributed by atoms with Gasteiger partial charge in [-0.05, 0) is 29.3 Å². The fraction of sp³-hybridized carbons (Fsp3) is 0.455. The van der Waals surface area contributed by atoms with Crippen molar-refractivity contribution in [3.8, 4) is 5.75 Å². The Labute approximate surface area is 185 Å². The Morgan fingerprint density at radius 1 is 1.10 bits per heavy atom. The minimum absolute atomic E-state index is 0. The van der Waals surface area contributed by atoms with Gasteiger partial charge >= 0.3 is 0 Å². The number of benzene rings is 2. The molecule has 1 fully saturated rings. The largest absolute Gasteiger partial charge is 0.496 e. The van der Waals surface area contributed by atoms with Crippen LogP contribution in [-0.2, 0) is 17.9 Å². The molecule has 0 bridgehead atoms. The van der Waals surface area contributed by atoms with Gasteiger partial charge < -0.3 is 19.5 Å². The lowest BCUT2D eigenvalue weighted by molar-refractivity contribution is 0.0356. The molecule has 2 aromatic carbocycles. The van der Waals surface area contributed by atoms with Crippen molar-refractivity contribution in [2.24, 2.45) is 0 Å². The number of aliphatic hydroxyl groups excluding tert-OH is 1. The first kappa shape index (κ1) is 23.8. The minimum atomic E-state index is -0.00669. The second-order valence-electron chi connectivity index (χ2n) is 7.35. The summed E-state index contributed by atoms with van der Waals surface area (Å²) in [6.07, 6.45) is 0. The smallest absolute Gasteiger partial charge is 0.124 e. The lowest BCUT2D eigenvalue weighted by Crippen LogP contribution is -2.39. The zero-order valence-electron chi connectivity index (χ0n) is 16.8. The Morgan fingerprint density at radius 3 is 2.59 bits per heavy atom. The van der Waals surface area contributed by atoms with Crippen molar-refractivity contribution in [3.63, 3.8) is 0 Å². The van der Waals surface area contributed by atoms with Crippen molar-refractivity contribution in [1.29, 1.82) is 0 Å². The van der Waals surface area contributed by atoms with Crippen molar-refractivity contribution >= 4 is 30.5 Å². The fourth-order valence-corrected chi connectivity index (χ4v) is 4.26. The molecule has 160 valence electrons. The van der Waals surface area contributed by atoms with Gasteiger partial charge in [-0.3, -0.25) is 4.90 Å². The molecule has 7 heteroatoms. The Bertz CT molecular complexity index is 784. The maximum absolute atomic E-state index is 9.61. The van der Waals surface area contributed by atoms with E-state index in [0.717, 1.165) is 57.3 Å². The highest BCUT2D eigenvalue weighted by Crippen LogP contribution is 2.37. The van der Waals surface area contributed by atoms with E-state index in [1.807, 2.05) is 6.07 Å². The van der Waals surface area contributed by atoms with Crippen molar-refractivity contribution < 1.29 is 14.6 Å². The number of hydrogen-bond donors (Lipinski definition) is 1. The van der Waals surface area contributed by atoms with Crippen LogP contribution in [0.15, 0.2) is 42.5 Å². The van der Waals surface area contributed by atoms with Crippen LogP contribution in [0.4, 0.5) is 5.69 Å². The van der Waals surface area contributed by atoms with Gasteiger partial charge in [-0.1, -0.05) is 24.3 Å². The number of para-hydroxylation sites is 1. The normalized spacial score (nSPS) is 18.6. The number of nitrogens with zero attached hydrogens (tertiary/aromatic N) is 2. The van der Waals surface area contributed by atoms with Gasteiger partial charge in [0.25, 0.3) is 0 Å². The number of hydrogen-bond acceptors (Lipinski definition) is 5. The van der Waals surface area contributed by atoms with E-state index < -0.39 is 0 Å². The molecule has 1 N–H and O–H groups in total. The van der Waals surface area contributed by atoms with Crippen LogP contribution >= 0.6 is 24.8 Å². The minimum Gasteiger partial charge on any atom is -0.496 e. The summed E-state index contributed by atoms with van der Waals surface area (Å²) in [6, 6.07) is 14.9. The number of anilines is 1. The maximum atomic E-state index is 9.61. The van der Waals surface area contributed by atoms with E-state index in [9.17, 15) is 5.11 Å². The third kappa shape index (κ3) is 5.36.